The minimum absolute atomic E-state index is 0.0503. The molecule has 6 nitrogen and oxygen atoms in total. The SMILES string of the molecule is C[C@@H](SC1=Nc2cccc3cccc(c23)N1)C(=O)Nc1ccc(N2CCOCC2)cc1. The quantitative estimate of drug-likeness (QED) is 0.617. The molecule has 0 aromatic heterocycles. The third-order valence-electron chi connectivity index (χ3n) is 5.52. The Hall–Kier alpha value is -3.03. The van der Waals surface area contributed by atoms with Gasteiger partial charge in [-0.3, -0.25) is 4.79 Å². The van der Waals surface area contributed by atoms with Crippen molar-refractivity contribution >= 4 is 56.4 Å². The number of hydrogen-bond donors (Lipinski definition) is 2. The van der Waals surface area contributed by atoms with Crippen LogP contribution in [0.1, 0.15) is 6.92 Å². The molecule has 0 saturated carbocycles. The molecule has 1 saturated heterocycles. The number of morpholine rings is 1. The maximum Gasteiger partial charge on any atom is 0.237 e. The number of anilines is 3. The molecule has 0 bridgehead atoms. The normalized spacial score (nSPS) is 16.4. The standard InChI is InChI=1S/C24H24N4O2S/c1-16(23(29)25-18-8-10-19(11-9-18)28-12-14-30-15-13-28)31-24-26-20-6-2-4-17-5-3-7-21(27-24)22(17)20/h2-11,16H,12-15H2,1H3,(H,25,29)(H,26,27)/t16-/m1/s1. The highest BCUT2D eigenvalue weighted by atomic mass is 32.2. The number of rotatable bonds is 4. The summed E-state index contributed by atoms with van der Waals surface area (Å²) in [6.07, 6.45) is 0. The molecule has 2 aliphatic rings. The highest BCUT2D eigenvalue weighted by Gasteiger charge is 2.21. The molecule has 1 fully saturated rings. The van der Waals surface area contributed by atoms with E-state index < -0.39 is 0 Å². The number of hydrogen-bond acceptors (Lipinski definition) is 6. The Kier molecular flexibility index (Phi) is 5.53. The first-order valence-electron chi connectivity index (χ1n) is 10.5. The van der Waals surface area contributed by atoms with E-state index in [0.717, 1.165) is 65.0 Å². The van der Waals surface area contributed by atoms with Gasteiger partial charge in [0, 0.05) is 29.9 Å². The van der Waals surface area contributed by atoms with Gasteiger partial charge in [0.2, 0.25) is 5.91 Å². The molecule has 1 amide bonds. The summed E-state index contributed by atoms with van der Waals surface area (Å²) in [5.41, 5.74) is 3.90. The van der Waals surface area contributed by atoms with Crippen molar-refractivity contribution in [1.29, 1.82) is 0 Å². The number of amidine groups is 1. The lowest BCUT2D eigenvalue weighted by Gasteiger charge is -2.29. The number of ether oxygens (including phenoxy) is 1. The van der Waals surface area contributed by atoms with Gasteiger partial charge in [-0.05, 0) is 48.7 Å². The number of thioether (sulfide) groups is 1. The average molecular weight is 433 g/mol. The van der Waals surface area contributed by atoms with Crippen LogP contribution in [0.5, 0.6) is 0 Å². The molecule has 0 aliphatic carbocycles. The smallest absolute Gasteiger partial charge is 0.237 e. The van der Waals surface area contributed by atoms with Crippen LogP contribution in [0.4, 0.5) is 22.7 Å². The lowest BCUT2D eigenvalue weighted by atomic mass is 10.1. The third-order valence-corrected chi connectivity index (χ3v) is 6.50. The van der Waals surface area contributed by atoms with Crippen molar-refractivity contribution < 1.29 is 9.53 Å². The second-order valence-corrected chi connectivity index (χ2v) is 8.95. The predicted octanol–water partition coefficient (Wildman–Crippen LogP) is 4.85. The second kappa shape index (κ2) is 8.61. The summed E-state index contributed by atoms with van der Waals surface area (Å²) >= 11 is 1.43. The first kappa shape index (κ1) is 19.9. The van der Waals surface area contributed by atoms with Gasteiger partial charge in [-0.15, -0.1) is 0 Å². The Bertz CT molecular complexity index is 1130. The Morgan fingerprint density at radius 1 is 1.10 bits per heavy atom. The minimum Gasteiger partial charge on any atom is -0.378 e. The predicted molar refractivity (Wildman–Crippen MR) is 130 cm³/mol. The molecule has 3 aromatic carbocycles. The third kappa shape index (κ3) is 4.24. The Labute approximate surface area is 185 Å². The second-order valence-electron chi connectivity index (χ2n) is 7.62. The van der Waals surface area contributed by atoms with Gasteiger partial charge in [-0.1, -0.05) is 36.0 Å². The molecular weight excluding hydrogens is 408 g/mol. The molecule has 2 heterocycles. The van der Waals surface area contributed by atoms with Gasteiger partial charge < -0.3 is 20.3 Å². The lowest BCUT2D eigenvalue weighted by Crippen LogP contribution is -2.36. The summed E-state index contributed by atoms with van der Waals surface area (Å²) in [5, 5.41) is 9.09. The number of amides is 1. The van der Waals surface area contributed by atoms with Crippen molar-refractivity contribution in [1.82, 2.24) is 0 Å². The van der Waals surface area contributed by atoms with Crippen molar-refractivity contribution in [3.8, 4) is 0 Å². The Morgan fingerprint density at radius 3 is 2.61 bits per heavy atom. The van der Waals surface area contributed by atoms with E-state index in [2.05, 4.69) is 27.7 Å². The zero-order valence-corrected chi connectivity index (χ0v) is 18.1. The van der Waals surface area contributed by atoms with Crippen LogP contribution in [0.15, 0.2) is 65.7 Å². The zero-order chi connectivity index (χ0) is 21.2. The number of nitrogens with one attached hydrogen (secondary N) is 2. The van der Waals surface area contributed by atoms with Gasteiger partial charge in [0.15, 0.2) is 5.17 Å². The molecule has 0 unspecified atom stereocenters. The molecule has 2 N–H and O–H groups in total. The fraction of sp³-hybridized carbons (Fsp3) is 0.250. The zero-order valence-electron chi connectivity index (χ0n) is 17.3. The van der Waals surface area contributed by atoms with E-state index in [1.54, 1.807) is 0 Å². The first-order chi connectivity index (χ1) is 15.2. The molecule has 158 valence electrons. The van der Waals surface area contributed by atoms with Crippen LogP contribution < -0.4 is 15.5 Å². The van der Waals surface area contributed by atoms with Crippen LogP contribution in [0.2, 0.25) is 0 Å². The summed E-state index contributed by atoms with van der Waals surface area (Å²) in [6.45, 7) is 5.19. The molecule has 3 aromatic rings. The molecule has 0 spiro atoms. The maximum atomic E-state index is 12.8. The number of aliphatic imine (C=N–C) groups is 1. The molecule has 0 radical (unpaired) electrons. The van der Waals surface area contributed by atoms with E-state index in [9.17, 15) is 4.79 Å². The molecular formula is C24H24N4O2S. The van der Waals surface area contributed by atoms with Crippen molar-refractivity contribution in [2.75, 3.05) is 41.8 Å². The summed E-state index contributed by atoms with van der Waals surface area (Å²) < 4.78 is 5.41. The van der Waals surface area contributed by atoms with Gasteiger partial charge in [-0.2, -0.15) is 0 Å². The highest BCUT2D eigenvalue weighted by Crippen LogP contribution is 2.37. The first-order valence-corrected chi connectivity index (χ1v) is 11.3. The van der Waals surface area contributed by atoms with E-state index in [4.69, 9.17) is 9.73 Å². The van der Waals surface area contributed by atoms with Crippen LogP contribution in [0.25, 0.3) is 10.8 Å². The Balaban J connectivity index is 1.24. The number of benzene rings is 3. The fourth-order valence-electron chi connectivity index (χ4n) is 3.87. The monoisotopic (exact) mass is 432 g/mol. The summed E-state index contributed by atoms with van der Waals surface area (Å²) in [6, 6.07) is 20.2. The van der Waals surface area contributed by atoms with Gasteiger partial charge in [-0.25, -0.2) is 4.99 Å². The fourth-order valence-corrected chi connectivity index (χ4v) is 4.69. The Morgan fingerprint density at radius 2 is 1.84 bits per heavy atom. The average Bonchev–Trinajstić information content (AvgIpc) is 2.80. The van der Waals surface area contributed by atoms with Crippen LogP contribution in [0.3, 0.4) is 0 Å². The number of carbonyl (C=O) groups excluding carboxylic acids is 1. The minimum atomic E-state index is -0.297. The van der Waals surface area contributed by atoms with Gasteiger partial charge in [0.25, 0.3) is 0 Å². The van der Waals surface area contributed by atoms with Crippen LogP contribution in [0, 0.1) is 0 Å². The van der Waals surface area contributed by atoms with Crippen LogP contribution >= 0.6 is 11.8 Å². The van der Waals surface area contributed by atoms with E-state index >= 15 is 0 Å². The number of nitrogens with zero attached hydrogens (tertiary/aromatic N) is 2. The van der Waals surface area contributed by atoms with E-state index in [1.165, 1.54) is 11.8 Å². The van der Waals surface area contributed by atoms with E-state index in [1.807, 2.05) is 55.5 Å². The molecule has 5 rings (SSSR count). The summed E-state index contributed by atoms with van der Waals surface area (Å²) in [4.78, 5) is 19.8. The topological polar surface area (TPSA) is 66.0 Å². The maximum absolute atomic E-state index is 12.8. The molecule has 2 aliphatic heterocycles. The van der Waals surface area contributed by atoms with Crippen molar-refractivity contribution in [2.45, 2.75) is 12.2 Å². The van der Waals surface area contributed by atoms with Crippen molar-refractivity contribution in [2.24, 2.45) is 4.99 Å². The lowest BCUT2D eigenvalue weighted by molar-refractivity contribution is -0.115. The molecule has 1 atom stereocenters. The van der Waals surface area contributed by atoms with Crippen LogP contribution in [-0.2, 0) is 9.53 Å². The number of carbonyl (C=O) groups is 1. The molecule has 31 heavy (non-hydrogen) atoms. The van der Waals surface area contributed by atoms with E-state index in [-0.39, 0.29) is 11.2 Å². The summed E-state index contributed by atoms with van der Waals surface area (Å²) in [5.74, 6) is -0.0503. The van der Waals surface area contributed by atoms with Gasteiger partial charge in [0.1, 0.15) is 0 Å². The van der Waals surface area contributed by atoms with Gasteiger partial charge in [0.05, 0.1) is 29.8 Å². The summed E-state index contributed by atoms with van der Waals surface area (Å²) in [7, 11) is 0. The largest absolute Gasteiger partial charge is 0.378 e. The van der Waals surface area contributed by atoms with Crippen LogP contribution in [-0.4, -0.2) is 42.6 Å². The highest BCUT2D eigenvalue weighted by molar-refractivity contribution is 8.15. The van der Waals surface area contributed by atoms with Gasteiger partial charge >= 0.3 is 0 Å². The van der Waals surface area contributed by atoms with E-state index in [0.29, 0.717) is 0 Å². The molecule has 7 heteroatoms. The van der Waals surface area contributed by atoms with Crippen molar-refractivity contribution in [3.05, 3.63) is 60.7 Å². The van der Waals surface area contributed by atoms with Crippen molar-refractivity contribution in [3.63, 3.8) is 0 Å².